The van der Waals surface area contributed by atoms with Crippen molar-refractivity contribution in [3.05, 3.63) is 108 Å². The summed E-state index contributed by atoms with van der Waals surface area (Å²) in [5.41, 5.74) is 4.10. The van der Waals surface area contributed by atoms with Gasteiger partial charge >= 0.3 is 0 Å². The number of hydrogen-bond donors (Lipinski definition) is 0. The predicted molar refractivity (Wildman–Crippen MR) is 101 cm³/mol. The summed E-state index contributed by atoms with van der Waals surface area (Å²) >= 11 is 0. The second kappa shape index (κ2) is 6.98. The molecule has 0 unspecified atom stereocenters. The Hall–Kier alpha value is -3.44. The van der Waals surface area contributed by atoms with E-state index in [4.69, 9.17) is 0 Å². The van der Waals surface area contributed by atoms with Crippen LogP contribution in [0.3, 0.4) is 0 Å². The zero-order valence-corrected chi connectivity index (χ0v) is 13.7. The highest BCUT2D eigenvalue weighted by Crippen LogP contribution is 2.19. The Bertz CT molecular complexity index is 1050. The molecule has 0 saturated heterocycles. The molecule has 2 aromatic carbocycles. The van der Waals surface area contributed by atoms with Gasteiger partial charge in [0.1, 0.15) is 5.69 Å². The smallest absolute Gasteiger partial charge is 0.113 e. The first-order valence-corrected chi connectivity index (χ1v) is 8.23. The number of fused-ring (bicyclic) bond motifs is 1. The van der Waals surface area contributed by atoms with Crippen LogP contribution in [-0.2, 0) is 6.42 Å². The van der Waals surface area contributed by atoms with Crippen LogP contribution < -0.4 is 0 Å². The molecule has 0 aliphatic heterocycles. The highest BCUT2D eigenvalue weighted by Gasteiger charge is 2.03. The summed E-state index contributed by atoms with van der Waals surface area (Å²) in [5.74, 6) is 6.23. The fourth-order valence-electron chi connectivity index (χ4n) is 2.80. The third-order valence-electron chi connectivity index (χ3n) is 4.08. The maximum absolute atomic E-state index is 4.56. The van der Waals surface area contributed by atoms with Crippen LogP contribution in [0.2, 0.25) is 0 Å². The minimum absolute atomic E-state index is 0.784. The lowest BCUT2D eigenvalue weighted by atomic mass is 10.0. The molecule has 0 amide bonds. The summed E-state index contributed by atoms with van der Waals surface area (Å²) in [6, 6.07) is 24.5. The molecule has 2 aromatic heterocycles. The molecule has 0 saturated carbocycles. The number of aromatic nitrogens is 2. The highest BCUT2D eigenvalue weighted by atomic mass is 14.7. The van der Waals surface area contributed by atoms with Crippen LogP contribution in [0.25, 0.3) is 10.8 Å². The van der Waals surface area contributed by atoms with Crippen LogP contribution in [0.1, 0.15) is 22.5 Å². The first-order valence-electron chi connectivity index (χ1n) is 8.23. The Kier molecular flexibility index (Phi) is 4.22. The van der Waals surface area contributed by atoms with Gasteiger partial charge in [-0.15, -0.1) is 0 Å². The fraction of sp³-hybridized carbons (Fsp3) is 0.0435. The third-order valence-corrected chi connectivity index (χ3v) is 4.08. The van der Waals surface area contributed by atoms with Crippen LogP contribution in [0, 0.1) is 11.8 Å². The average Bonchev–Trinajstić information content (AvgIpc) is 2.69. The van der Waals surface area contributed by atoms with Gasteiger partial charge in [0.05, 0.1) is 5.69 Å². The molecule has 0 spiro atoms. The summed E-state index contributed by atoms with van der Waals surface area (Å²) in [5, 5.41) is 2.44. The van der Waals surface area contributed by atoms with E-state index in [0.717, 1.165) is 23.4 Å². The monoisotopic (exact) mass is 320 g/mol. The van der Waals surface area contributed by atoms with Gasteiger partial charge in [-0.2, -0.15) is 0 Å². The Morgan fingerprint density at radius 1 is 0.680 bits per heavy atom. The number of pyridine rings is 2. The zero-order chi connectivity index (χ0) is 16.9. The first kappa shape index (κ1) is 15.1. The molecule has 25 heavy (non-hydrogen) atoms. The molecular formula is C23H16N2. The van der Waals surface area contributed by atoms with Crippen molar-refractivity contribution in [2.75, 3.05) is 0 Å². The summed E-state index contributed by atoms with van der Waals surface area (Å²) in [6.07, 6.45) is 4.45. The van der Waals surface area contributed by atoms with E-state index in [9.17, 15) is 0 Å². The van der Waals surface area contributed by atoms with Crippen molar-refractivity contribution in [3.8, 4) is 11.8 Å². The number of nitrogens with zero attached hydrogens (tertiary/aromatic N) is 2. The van der Waals surface area contributed by atoms with Gasteiger partial charge in [-0.3, -0.25) is 4.98 Å². The molecule has 0 aliphatic rings. The van der Waals surface area contributed by atoms with Crippen LogP contribution in [0.4, 0.5) is 0 Å². The molecule has 0 bridgehead atoms. The van der Waals surface area contributed by atoms with E-state index in [0.29, 0.717) is 0 Å². The van der Waals surface area contributed by atoms with Crippen LogP contribution in [-0.4, -0.2) is 9.97 Å². The van der Waals surface area contributed by atoms with Gasteiger partial charge in [0.15, 0.2) is 0 Å². The van der Waals surface area contributed by atoms with Gasteiger partial charge in [-0.05, 0) is 47.2 Å². The van der Waals surface area contributed by atoms with Crippen molar-refractivity contribution in [2.24, 2.45) is 0 Å². The van der Waals surface area contributed by atoms with Crippen LogP contribution in [0.15, 0.2) is 85.2 Å². The standard InChI is InChI=1S/C23H16N2/c1-2-7-22-20(5-1)14-16-25-23(22)17-19-10-8-18(9-11-19)12-13-21-6-3-4-15-24-21/h1-11,14-16H,17H2. The first-order chi connectivity index (χ1) is 12.4. The largest absolute Gasteiger partial charge is 0.260 e. The van der Waals surface area contributed by atoms with Gasteiger partial charge in [0, 0.05) is 29.8 Å². The van der Waals surface area contributed by atoms with Crippen molar-refractivity contribution in [3.63, 3.8) is 0 Å². The van der Waals surface area contributed by atoms with Crippen LogP contribution in [0.5, 0.6) is 0 Å². The molecule has 118 valence electrons. The summed E-state index contributed by atoms with van der Waals surface area (Å²) < 4.78 is 0. The van der Waals surface area contributed by atoms with Crippen molar-refractivity contribution in [2.45, 2.75) is 6.42 Å². The van der Waals surface area contributed by atoms with Crippen molar-refractivity contribution in [1.29, 1.82) is 0 Å². The normalized spacial score (nSPS) is 10.2. The second-order valence-electron chi connectivity index (χ2n) is 5.82. The van der Waals surface area contributed by atoms with E-state index >= 15 is 0 Å². The highest BCUT2D eigenvalue weighted by molar-refractivity contribution is 5.84. The molecule has 2 heterocycles. The molecule has 0 fully saturated rings. The van der Waals surface area contributed by atoms with Gasteiger partial charge in [-0.25, -0.2) is 4.98 Å². The lowest BCUT2D eigenvalue weighted by molar-refractivity contribution is 1.10. The molecule has 2 heteroatoms. The quantitative estimate of drug-likeness (QED) is 0.504. The van der Waals surface area contributed by atoms with Crippen molar-refractivity contribution >= 4 is 10.8 Å². The van der Waals surface area contributed by atoms with Crippen molar-refractivity contribution < 1.29 is 0 Å². The molecule has 2 nitrogen and oxygen atoms in total. The molecule has 4 aromatic rings. The second-order valence-corrected chi connectivity index (χ2v) is 5.82. The van der Waals surface area contributed by atoms with Gasteiger partial charge < -0.3 is 0 Å². The topological polar surface area (TPSA) is 25.8 Å². The zero-order valence-electron chi connectivity index (χ0n) is 13.7. The number of hydrogen-bond acceptors (Lipinski definition) is 2. The number of benzene rings is 2. The summed E-state index contributed by atoms with van der Waals surface area (Å²) in [6.45, 7) is 0. The maximum Gasteiger partial charge on any atom is 0.113 e. The van der Waals surface area contributed by atoms with Gasteiger partial charge in [0.2, 0.25) is 0 Å². The Morgan fingerprint density at radius 2 is 1.52 bits per heavy atom. The van der Waals surface area contributed by atoms with E-state index in [1.807, 2.05) is 24.4 Å². The van der Waals surface area contributed by atoms with Gasteiger partial charge in [-0.1, -0.05) is 48.4 Å². The van der Waals surface area contributed by atoms with Crippen molar-refractivity contribution in [1.82, 2.24) is 9.97 Å². The Morgan fingerprint density at radius 3 is 2.36 bits per heavy atom. The molecule has 0 N–H and O–H groups in total. The SMILES string of the molecule is C(#Cc1ccccn1)c1ccc(Cc2nccc3ccccc23)cc1. The van der Waals surface area contributed by atoms with E-state index in [-0.39, 0.29) is 0 Å². The Balaban J connectivity index is 1.56. The lowest BCUT2D eigenvalue weighted by Crippen LogP contribution is -1.93. The van der Waals surface area contributed by atoms with Crippen LogP contribution >= 0.6 is 0 Å². The fourth-order valence-corrected chi connectivity index (χ4v) is 2.80. The Labute approximate surface area is 147 Å². The molecular weight excluding hydrogens is 304 g/mol. The minimum atomic E-state index is 0.784. The average molecular weight is 320 g/mol. The maximum atomic E-state index is 4.56. The molecule has 0 aliphatic carbocycles. The number of rotatable bonds is 2. The van der Waals surface area contributed by atoms with Gasteiger partial charge in [0.25, 0.3) is 0 Å². The lowest BCUT2D eigenvalue weighted by Gasteiger charge is -2.06. The molecule has 0 atom stereocenters. The van der Waals surface area contributed by atoms with E-state index in [1.165, 1.54) is 16.3 Å². The molecule has 4 rings (SSSR count). The van der Waals surface area contributed by atoms with E-state index < -0.39 is 0 Å². The third kappa shape index (κ3) is 3.57. The summed E-state index contributed by atoms with van der Waals surface area (Å²) in [7, 11) is 0. The van der Waals surface area contributed by atoms with E-state index in [1.54, 1.807) is 6.20 Å². The minimum Gasteiger partial charge on any atom is -0.260 e. The molecule has 0 radical (unpaired) electrons. The predicted octanol–water partition coefficient (Wildman–Crippen LogP) is 4.62. The summed E-state index contributed by atoms with van der Waals surface area (Å²) in [4.78, 5) is 8.78. The van der Waals surface area contributed by atoms with E-state index in [2.05, 4.69) is 76.4 Å².